The zero-order valence-electron chi connectivity index (χ0n) is 19.9. The van der Waals surface area contributed by atoms with Gasteiger partial charge in [-0.15, -0.1) is 0 Å². The molecular formula is C24H26F2N4O5S. The number of nitrogens with zero attached hydrogens (tertiary/aromatic N) is 3. The van der Waals surface area contributed by atoms with E-state index in [0.29, 0.717) is 42.8 Å². The number of aryl methyl sites for hydroxylation is 1. The average Bonchev–Trinajstić information content (AvgIpc) is 3.48. The Morgan fingerprint density at radius 1 is 1.22 bits per heavy atom. The molecule has 0 aromatic carbocycles. The Morgan fingerprint density at radius 3 is 2.64 bits per heavy atom. The number of alkyl halides is 1. The molecule has 1 saturated carbocycles. The number of sulfone groups is 1. The first-order valence-corrected chi connectivity index (χ1v) is 13.4. The molecule has 2 fully saturated rings. The maximum Gasteiger partial charge on any atom is 0.272 e. The number of aromatic nitrogens is 3. The summed E-state index contributed by atoms with van der Waals surface area (Å²) in [6.07, 6.45) is 4.06. The molecule has 12 heteroatoms. The highest BCUT2D eigenvalue weighted by Gasteiger charge is 2.44. The van der Waals surface area contributed by atoms with Gasteiger partial charge >= 0.3 is 0 Å². The number of ether oxygens (including phenoxy) is 2. The van der Waals surface area contributed by atoms with Crippen molar-refractivity contribution in [3.8, 4) is 17.4 Å². The van der Waals surface area contributed by atoms with Crippen molar-refractivity contribution in [1.29, 1.82) is 0 Å². The Bertz CT molecular complexity index is 1440. The first-order chi connectivity index (χ1) is 16.9. The van der Waals surface area contributed by atoms with Crippen LogP contribution in [0.4, 0.5) is 8.78 Å². The quantitative estimate of drug-likeness (QED) is 0.507. The lowest BCUT2D eigenvalue weighted by Gasteiger charge is -2.34. The predicted molar refractivity (Wildman–Crippen MR) is 127 cm³/mol. The van der Waals surface area contributed by atoms with E-state index < -0.39 is 32.8 Å². The number of halogens is 2. The SMILES string of the molecule is Cc1c(C(=O)NC2(C)CCS(=O)(=O)CC2)nc2ccc(Oc3ncc(F)cc3OCC3(F)CC3)cn12. The molecule has 4 heterocycles. The van der Waals surface area contributed by atoms with Crippen LogP contribution in [-0.2, 0) is 9.84 Å². The van der Waals surface area contributed by atoms with Crippen molar-refractivity contribution >= 4 is 21.4 Å². The summed E-state index contributed by atoms with van der Waals surface area (Å²) < 4.78 is 64.2. The molecule has 1 N–H and O–H groups in total. The highest BCUT2D eigenvalue weighted by Crippen LogP contribution is 2.41. The summed E-state index contributed by atoms with van der Waals surface area (Å²) in [6, 6.07) is 4.36. The molecule has 3 aromatic heterocycles. The van der Waals surface area contributed by atoms with E-state index >= 15 is 0 Å². The van der Waals surface area contributed by atoms with Gasteiger partial charge in [0, 0.05) is 11.6 Å². The Hall–Kier alpha value is -3.28. The van der Waals surface area contributed by atoms with E-state index in [1.807, 2.05) is 6.92 Å². The maximum atomic E-state index is 14.0. The number of nitrogens with one attached hydrogen (secondary N) is 1. The average molecular weight is 521 g/mol. The predicted octanol–water partition coefficient (Wildman–Crippen LogP) is 3.55. The monoisotopic (exact) mass is 520 g/mol. The molecule has 0 spiro atoms. The van der Waals surface area contributed by atoms with Crippen LogP contribution in [0, 0.1) is 12.7 Å². The van der Waals surface area contributed by atoms with E-state index in [9.17, 15) is 22.0 Å². The summed E-state index contributed by atoms with van der Waals surface area (Å²) in [7, 11) is -3.07. The van der Waals surface area contributed by atoms with Gasteiger partial charge in [-0.25, -0.2) is 27.2 Å². The van der Waals surface area contributed by atoms with E-state index in [1.54, 1.807) is 29.7 Å². The number of pyridine rings is 2. The summed E-state index contributed by atoms with van der Waals surface area (Å²) in [5, 5.41) is 2.95. The molecule has 0 unspecified atom stereocenters. The van der Waals surface area contributed by atoms with Gasteiger partial charge in [-0.3, -0.25) is 9.20 Å². The third-order valence-electron chi connectivity index (χ3n) is 6.67. The minimum absolute atomic E-state index is 0.0100. The van der Waals surface area contributed by atoms with Crippen LogP contribution in [0.5, 0.6) is 17.4 Å². The van der Waals surface area contributed by atoms with Crippen LogP contribution in [0.1, 0.15) is 48.8 Å². The summed E-state index contributed by atoms with van der Waals surface area (Å²) in [5.74, 6) is -0.669. The van der Waals surface area contributed by atoms with Gasteiger partial charge in [0.1, 0.15) is 45.0 Å². The number of imidazole rings is 1. The lowest BCUT2D eigenvalue weighted by atomic mass is 9.94. The molecule has 0 atom stereocenters. The third kappa shape index (κ3) is 5.13. The summed E-state index contributed by atoms with van der Waals surface area (Å²) >= 11 is 0. The minimum Gasteiger partial charge on any atom is -0.484 e. The van der Waals surface area contributed by atoms with Crippen LogP contribution < -0.4 is 14.8 Å². The lowest BCUT2D eigenvalue weighted by Crippen LogP contribution is -2.51. The zero-order valence-corrected chi connectivity index (χ0v) is 20.7. The molecule has 1 aliphatic carbocycles. The number of hydrogen-bond donors (Lipinski definition) is 1. The van der Waals surface area contributed by atoms with E-state index in [2.05, 4.69) is 15.3 Å². The number of rotatable bonds is 7. The summed E-state index contributed by atoms with van der Waals surface area (Å²) in [6.45, 7) is 3.35. The minimum atomic E-state index is -3.07. The summed E-state index contributed by atoms with van der Waals surface area (Å²) in [4.78, 5) is 21.4. The van der Waals surface area contributed by atoms with Crippen molar-refractivity contribution in [3.05, 3.63) is 47.8 Å². The van der Waals surface area contributed by atoms with Gasteiger partial charge in [0.15, 0.2) is 5.75 Å². The van der Waals surface area contributed by atoms with Gasteiger partial charge in [0.05, 0.1) is 29.6 Å². The van der Waals surface area contributed by atoms with Crippen LogP contribution in [-0.4, -0.2) is 58.0 Å². The fourth-order valence-corrected chi connectivity index (χ4v) is 5.78. The second kappa shape index (κ2) is 8.68. The smallest absolute Gasteiger partial charge is 0.272 e. The van der Waals surface area contributed by atoms with Crippen molar-refractivity contribution < 1.29 is 31.5 Å². The van der Waals surface area contributed by atoms with Crippen molar-refractivity contribution in [1.82, 2.24) is 19.7 Å². The number of amides is 1. The van der Waals surface area contributed by atoms with Crippen LogP contribution in [0.2, 0.25) is 0 Å². The first-order valence-electron chi connectivity index (χ1n) is 11.6. The second-order valence-corrected chi connectivity index (χ2v) is 12.1. The van der Waals surface area contributed by atoms with Gasteiger partial charge in [-0.2, -0.15) is 0 Å². The molecule has 192 valence electrons. The molecule has 9 nitrogen and oxygen atoms in total. The van der Waals surface area contributed by atoms with Crippen LogP contribution >= 0.6 is 0 Å². The second-order valence-electron chi connectivity index (χ2n) is 9.80. The molecular weight excluding hydrogens is 494 g/mol. The third-order valence-corrected chi connectivity index (χ3v) is 8.32. The molecule has 2 aliphatic rings. The fourth-order valence-electron chi connectivity index (χ4n) is 4.05. The Balaban J connectivity index is 1.35. The Labute approximate surface area is 206 Å². The molecule has 36 heavy (non-hydrogen) atoms. The lowest BCUT2D eigenvalue weighted by molar-refractivity contribution is 0.0894. The van der Waals surface area contributed by atoms with E-state index in [0.717, 1.165) is 12.3 Å². The summed E-state index contributed by atoms with van der Waals surface area (Å²) in [5.41, 5.74) is -0.767. The van der Waals surface area contributed by atoms with E-state index in [-0.39, 0.29) is 35.4 Å². The van der Waals surface area contributed by atoms with Crippen LogP contribution in [0.25, 0.3) is 5.65 Å². The van der Waals surface area contributed by atoms with Crippen LogP contribution in [0.15, 0.2) is 30.6 Å². The van der Waals surface area contributed by atoms with E-state index in [4.69, 9.17) is 9.47 Å². The molecule has 3 aromatic rings. The van der Waals surface area contributed by atoms with Crippen molar-refractivity contribution in [2.45, 2.75) is 50.7 Å². The Morgan fingerprint density at radius 2 is 1.94 bits per heavy atom. The maximum absolute atomic E-state index is 14.0. The molecule has 0 bridgehead atoms. The standard InChI is InChI=1S/C24H26F2N4O5S/c1-15-20(21(31)29-23(2)7-9-36(32,33)10-8-23)28-19-4-3-17(13-30(15)19)35-22-18(11-16(25)12-27-22)34-14-24(26)5-6-24/h3-4,11-13H,5-10,14H2,1-2H3,(H,29,31). The van der Waals surface area contributed by atoms with Gasteiger partial charge in [-0.1, -0.05) is 0 Å². The van der Waals surface area contributed by atoms with Gasteiger partial charge < -0.3 is 14.8 Å². The normalized spacial score (nSPS) is 19.6. The Kier molecular flexibility index (Phi) is 5.89. The van der Waals surface area contributed by atoms with Crippen LogP contribution in [0.3, 0.4) is 0 Å². The molecule has 1 saturated heterocycles. The van der Waals surface area contributed by atoms with Crippen molar-refractivity contribution in [3.63, 3.8) is 0 Å². The largest absolute Gasteiger partial charge is 0.484 e. The molecule has 1 aliphatic heterocycles. The van der Waals surface area contributed by atoms with E-state index in [1.165, 1.54) is 0 Å². The topological polar surface area (TPSA) is 112 Å². The molecule has 5 rings (SSSR count). The number of hydrogen-bond acceptors (Lipinski definition) is 7. The van der Waals surface area contributed by atoms with Gasteiger partial charge in [0.2, 0.25) is 0 Å². The number of carbonyl (C=O) groups excluding carboxylic acids is 1. The van der Waals surface area contributed by atoms with Crippen molar-refractivity contribution in [2.24, 2.45) is 0 Å². The van der Waals surface area contributed by atoms with Gasteiger partial charge in [-0.05, 0) is 51.7 Å². The zero-order chi connectivity index (χ0) is 25.7. The highest BCUT2D eigenvalue weighted by molar-refractivity contribution is 7.91. The first kappa shape index (κ1) is 24.4. The number of fused-ring (bicyclic) bond motifs is 1. The molecule has 0 radical (unpaired) electrons. The molecule has 1 amide bonds. The van der Waals surface area contributed by atoms with Gasteiger partial charge in [0.25, 0.3) is 11.8 Å². The highest BCUT2D eigenvalue weighted by atomic mass is 32.2. The fraction of sp³-hybridized carbons (Fsp3) is 0.458. The van der Waals surface area contributed by atoms with Crippen molar-refractivity contribution in [2.75, 3.05) is 18.1 Å². The number of carbonyl (C=O) groups is 1.